The first kappa shape index (κ1) is 15.6. The summed E-state index contributed by atoms with van der Waals surface area (Å²) in [6.45, 7) is 2.16. The lowest BCUT2D eigenvalue weighted by atomic mass is 9.95. The number of benzene rings is 1. The largest absolute Gasteiger partial charge is 0.255 e. The van der Waals surface area contributed by atoms with Gasteiger partial charge in [-0.2, -0.15) is 0 Å². The second kappa shape index (κ2) is 6.44. The normalized spacial score (nSPS) is 14.1. The minimum atomic E-state index is -0.941. The average Bonchev–Trinajstić information content (AvgIpc) is 2.90. The van der Waals surface area contributed by atoms with Crippen molar-refractivity contribution < 1.29 is 4.21 Å². The van der Waals surface area contributed by atoms with E-state index in [1.807, 2.05) is 29.6 Å². The Morgan fingerprint density at radius 1 is 1.27 bits per heavy atom. The highest BCUT2D eigenvalue weighted by atomic mass is 35.5. The smallest absolute Gasteiger partial charge is 0.128 e. The number of nitrogens with zero attached hydrogens (tertiary/aromatic N) is 2. The summed E-state index contributed by atoms with van der Waals surface area (Å²) in [6.07, 6.45) is 4.08. The molecule has 0 bridgehead atoms. The second-order valence-corrected chi connectivity index (χ2v) is 7.86. The molecule has 114 valence electrons. The predicted molar refractivity (Wildman–Crippen MR) is 93.3 cm³/mol. The van der Waals surface area contributed by atoms with Gasteiger partial charge < -0.3 is 0 Å². The number of rotatable bonds is 4. The Morgan fingerprint density at radius 2 is 2.00 bits per heavy atom. The van der Waals surface area contributed by atoms with Gasteiger partial charge in [-0.05, 0) is 30.0 Å². The fourth-order valence-electron chi connectivity index (χ4n) is 2.45. The molecule has 0 spiro atoms. The van der Waals surface area contributed by atoms with Crippen LogP contribution in [0.4, 0.5) is 0 Å². The van der Waals surface area contributed by atoms with E-state index in [4.69, 9.17) is 11.6 Å². The third-order valence-corrected chi connectivity index (χ3v) is 5.93. The van der Waals surface area contributed by atoms with Gasteiger partial charge in [-0.3, -0.25) is 4.21 Å². The maximum atomic E-state index is 11.5. The van der Waals surface area contributed by atoms with Crippen LogP contribution in [-0.4, -0.2) is 20.4 Å². The van der Waals surface area contributed by atoms with Crippen molar-refractivity contribution in [3.63, 3.8) is 0 Å². The standard InChI is InChI=1S/C16H15ClN2OS2/c1-10(11-3-5-12(6-4-11)22(2)20)7-14-15-13(17)8-21-16(15)19-9-18-14/h3-6,8-10H,7H2,1-2H3. The molecule has 3 nitrogen and oxygen atoms in total. The second-order valence-electron chi connectivity index (χ2n) is 5.21. The van der Waals surface area contributed by atoms with Crippen LogP contribution in [0.2, 0.25) is 5.02 Å². The van der Waals surface area contributed by atoms with E-state index in [9.17, 15) is 4.21 Å². The van der Waals surface area contributed by atoms with E-state index in [0.717, 1.165) is 32.2 Å². The van der Waals surface area contributed by atoms with Crippen LogP contribution in [0.25, 0.3) is 10.2 Å². The summed E-state index contributed by atoms with van der Waals surface area (Å²) in [5.41, 5.74) is 2.18. The van der Waals surface area contributed by atoms with Gasteiger partial charge in [0.2, 0.25) is 0 Å². The highest BCUT2D eigenvalue weighted by Crippen LogP contribution is 2.32. The van der Waals surface area contributed by atoms with Gasteiger partial charge in [0, 0.05) is 27.3 Å². The number of fused-ring (bicyclic) bond motifs is 1. The monoisotopic (exact) mass is 350 g/mol. The molecule has 22 heavy (non-hydrogen) atoms. The van der Waals surface area contributed by atoms with E-state index in [-0.39, 0.29) is 0 Å². The van der Waals surface area contributed by atoms with Crippen molar-refractivity contribution in [3.8, 4) is 0 Å². The summed E-state index contributed by atoms with van der Waals surface area (Å²) >= 11 is 7.80. The highest BCUT2D eigenvalue weighted by molar-refractivity contribution is 7.84. The number of hydrogen-bond acceptors (Lipinski definition) is 4. The van der Waals surface area contributed by atoms with Crippen molar-refractivity contribution in [1.29, 1.82) is 0 Å². The Hall–Kier alpha value is -1.30. The first-order valence-electron chi connectivity index (χ1n) is 6.86. The number of thiophene rings is 1. The Morgan fingerprint density at radius 3 is 2.68 bits per heavy atom. The van der Waals surface area contributed by atoms with Crippen LogP contribution < -0.4 is 0 Å². The van der Waals surface area contributed by atoms with Gasteiger partial charge in [0.05, 0.1) is 16.1 Å². The molecule has 0 aliphatic rings. The fourth-order valence-corrected chi connectivity index (χ4v) is 4.14. The van der Waals surface area contributed by atoms with E-state index in [0.29, 0.717) is 5.92 Å². The molecule has 3 aromatic rings. The molecule has 2 aromatic heterocycles. The van der Waals surface area contributed by atoms with Gasteiger partial charge in [-0.25, -0.2) is 9.97 Å². The van der Waals surface area contributed by atoms with Crippen molar-refractivity contribution >= 4 is 44.0 Å². The molecule has 2 unspecified atom stereocenters. The summed E-state index contributed by atoms with van der Waals surface area (Å²) in [6, 6.07) is 7.92. The molecule has 2 atom stereocenters. The zero-order valence-electron chi connectivity index (χ0n) is 12.2. The molecule has 2 heterocycles. The van der Waals surface area contributed by atoms with Crippen LogP contribution >= 0.6 is 22.9 Å². The van der Waals surface area contributed by atoms with Crippen LogP contribution in [0.1, 0.15) is 24.1 Å². The molecule has 0 radical (unpaired) electrons. The van der Waals surface area contributed by atoms with Crippen molar-refractivity contribution in [2.75, 3.05) is 6.26 Å². The third-order valence-electron chi connectivity index (χ3n) is 3.68. The van der Waals surface area contributed by atoms with Crippen LogP contribution in [0.5, 0.6) is 0 Å². The van der Waals surface area contributed by atoms with Crippen molar-refractivity contribution in [3.05, 3.63) is 52.3 Å². The molecule has 6 heteroatoms. The Balaban J connectivity index is 1.88. The number of aromatic nitrogens is 2. The number of halogens is 1. The quantitative estimate of drug-likeness (QED) is 0.699. The Labute approximate surface area is 140 Å². The SMILES string of the molecule is CC(Cc1ncnc2scc(Cl)c12)c1ccc(S(C)=O)cc1. The minimum Gasteiger partial charge on any atom is -0.255 e. The van der Waals surface area contributed by atoms with E-state index in [1.54, 1.807) is 12.6 Å². The van der Waals surface area contributed by atoms with E-state index in [1.165, 1.54) is 16.9 Å². The van der Waals surface area contributed by atoms with Gasteiger partial charge in [-0.15, -0.1) is 11.3 Å². The molecule has 0 saturated heterocycles. The molecular weight excluding hydrogens is 336 g/mol. The highest BCUT2D eigenvalue weighted by Gasteiger charge is 2.14. The summed E-state index contributed by atoms with van der Waals surface area (Å²) in [5, 5.41) is 3.59. The maximum absolute atomic E-state index is 11.5. The van der Waals surface area contributed by atoms with Gasteiger partial charge in [0.25, 0.3) is 0 Å². The molecule has 0 aliphatic heterocycles. The summed E-state index contributed by atoms with van der Waals surface area (Å²) in [5.74, 6) is 0.299. The first-order chi connectivity index (χ1) is 10.6. The molecule has 0 amide bonds. The Bertz CT molecular complexity index is 830. The average molecular weight is 351 g/mol. The number of hydrogen-bond donors (Lipinski definition) is 0. The lowest BCUT2D eigenvalue weighted by Gasteiger charge is -2.12. The zero-order chi connectivity index (χ0) is 15.7. The van der Waals surface area contributed by atoms with Crippen LogP contribution in [0.15, 0.2) is 40.9 Å². The van der Waals surface area contributed by atoms with Crippen LogP contribution in [-0.2, 0) is 17.2 Å². The van der Waals surface area contributed by atoms with Gasteiger partial charge in [-0.1, -0.05) is 30.7 Å². The molecule has 0 aliphatic carbocycles. The molecular formula is C16H15ClN2OS2. The van der Waals surface area contributed by atoms with Crippen molar-refractivity contribution in [1.82, 2.24) is 9.97 Å². The molecule has 1 aromatic carbocycles. The maximum Gasteiger partial charge on any atom is 0.128 e. The van der Waals surface area contributed by atoms with E-state index >= 15 is 0 Å². The van der Waals surface area contributed by atoms with Gasteiger partial charge >= 0.3 is 0 Å². The minimum absolute atomic E-state index is 0.299. The molecule has 0 saturated carbocycles. The lowest BCUT2D eigenvalue weighted by Crippen LogP contribution is -2.02. The summed E-state index contributed by atoms with van der Waals surface area (Å²) in [4.78, 5) is 10.5. The lowest BCUT2D eigenvalue weighted by molar-refractivity contribution is 0.686. The summed E-state index contributed by atoms with van der Waals surface area (Å²) < 4.78 is 11.5. The van der Waals surface area contributed by atoms with Crippen LogP contribution in [0.3, 0.4) is 0 Å². The first-order valence-corrected chi connectivity index (χ1v) is 9.68. The topological polar surface area (TPSA) is 42.9 Å². The molecule has 3 rings (SSSR count). The molecule has 0 fully saturated rings. The van der Waals surface area contributed by atoms with Crippen molar-refractivity contribution in [2.45, 2.75) is 24.2 Å². The van der Waals surface area contributed by atoms with Crippen LogP contribution in [0, 0.1) is 0 Å². The van der Waals surface area contributed by atoms with Crippen molar-refractivity contribution in [2.24, 2.45) is 0 Å². The van der Waals surface area contributed by atoms with Gasteiger partial charge in [0.1, 0.15) is 11.2 Å². The zero-order valence-corrected chi connectivity index (χ0v) is 14.6. The fraction of sp³-hybridized carbons (Fsp3) is 0.250. The van der Waals surface area contributed by atoms with Gasteiger partial charge in [0.15, 0.2) is 0 Å². The molecule has 0 N–H and O–H groups in total. The van der Waals surface area contributed by atoms with E-state index < -0.39 is 10.8 Å². The summed E-state index contributed by atoms with van der Waals surface area (Å²) in [7, 11) is -0.941. The predicted octanol–water partition coefficient (Wildman–Crippen LogP) is 4.43. The van der Waals surface area contributed by atoms with E-state index in [2.05, 4.69) is 16.9 Å². The third kappa shape index (κ3) is 3.07. The Kier molecular flexibility index (Phi) is 4.57.